The van der Waals surface area contributed by atoms with Crippen LogP contribution in [0, 0.1) is 5.82 Å². The first kappa shape index (κ1) is 19.4. The van der Waals surface area contributed by atoms with Crippen LogP contribution >= 0.6 is 0 Å². The Balaban J connectivity index is 1.63. The third-order valence-corrected chi connectivity index (χ3v) is 6.27. The quantitative estimate of drug-likeness (QED) is 0.817. The van der Waals surface area contributed by atoms with E-state index in [4.69, 9.17) is 5.73 Å². The molecule has 2 heterocycles. The van der Waals surface area contributed by atoms with Crippen molar-refractivity contribution in [2.75, 3.05) is 32.4 Å². The van der Waals surface area contributed by atoms with E-state index in [1.807, 2.05) is 0 Å². The Morgan fingerprint density at radius 2 is 1.89 bits per heavy atom. The first-order valence-corrected chi connectivity index (χ1v) is 10.6. The van der Waals surface area contributed by atoms with E-state index in [1.165, 1.54) is 12.1 Å². The van der Waals surface area contributed by atoms with Gasteiger partial charge in [0.15, 0.2) is 9.84 Å². The van der Waals surface area contributed by atoms with E-state index in [9.17, 15) is 22.4 Å². The molecule has 148 valence electrons. The number of rotatable bonds is 4. The van der Waals surface area contributed by atoms with E-state index in [0.29, 0.717) is 39.0 Å². The predicted molar refractivity (Wildman–Crippen MR) is 96.2 cm³/mol. The Hall–Kier alpha value is -2.36. The third kappa shape index (κ3) is 4.15. The van der Waals surface area contributed by atoms with Crippen molar-refractivity contribution in [3.8, 4) is 0 Å². The molecule has 0 unspecified atom stereocenters. The summed E-state index contributed by atoms with van der Waals surface area (Å²) in [6, 6.07) is 3.17. The SMILES string of the molecule is CS(=O)(=O)c1ccc(CN2CCN(C3CCN(C(N)=O)CC3)C2=O)c(F)c1. The highest BCUT2D eigenvalue weighted by molar-refractivity contribution is 7.90. The molecule has 0 aromatic heterocycles. The van der Waals surface area contributed by atoms with Crippen LogP contribution in [0.2, 0.25) is 0 Å². The van der Waals surface area contributed by atoms with E-state index < -0.39 is 21.7 Å². The fourth-order valence-corrected chi connectivity index (χ4v) is 4.21. The minimum atomic E-state index is -3.48. The number of nitrogens with zero attached hydrogens (tertiary/aromatic N) is 3. The summed E-state index contributed by atoms with van der Waals surface area (Å²) < 4.78 is 37.3. The number of likely N-dealkylation sites (tertiary alicyclic amines) is 1. The molecule has 2 fully saturated rings. The van der Waals surface area contributed by atoms with Crippen molar-refractivity contribution in [2.24, 2.45) is 5.73 Å². The molecule has 2 aliphatic heterocycles. The first-order chi connectivity index (χ1) is 12.7. The molecule has 2 N–H and O–H groups in total. The summed E-state index contributed by atoms with van der Waals surface area (Å²) in [5, 5.41) is 0. The van der Waals surface area contributed by atoms with Crippen molar-refractivity contribution in [1.82, 2.24) is 14.7 Å². The standard InChI is InChI=1S/C17H23FN4O4S/c1-27(25,26)14-3-2-12(15(18)10-14)11-21-8-9-22(17(21)24)13-4-6-20(7-5-13)16(19)23/h2-3,10,13H,4-9,11H2,1H3,(H2,19,23). The van der Waals surface area contributed by atoms with Crippen LogP contribution in [-0.2, 0) is 16.4 Å². The maximum Gasteiger partial charge on any atom is 0.320 e. The normalized spacial score (nSPS) is 19.0. The minimum absolute atomic E-state index is 0.0376. The summed E-state index contributed by atoms with van der Waals surface area (Å²) in [7, 11) is -3.48. The van der Waals surface area contributed by atoms with Gasteiger partial charge in [0, 0.05) is 44.0 Å². The Bertz CT molecular complexity index is 852. The van der Waals surface area contributed by atoms with E-state index in [2.05, 4.69) is 0 Å². The second-order valence-electron chi connectivity index (χ2n) is 6.98. The van der Waals surface area contributed by atoms with Crippen LogP contribution in [0.4, 0.5) is 14.0 Å². The van der Waals surface area contributed by atoms with Gasteiger partial charge in [-0.05, 0) is 25.0 Å². The molecule has 4 amide bonds. The molecule has 8 nitrogen and oxygen atoms in total. The molecule has 2 saturated heterocycles. The van der Waals surface area contributed by atoms with Gasteiger partial charge in [-0.25, -0.2) is 22.4 Å². The molecule has 1 aromatic rings. The van der Waals surface area contributed by atoms with Gasteiger partial charge in [0.2, 0.25) is 0 Å². The zero-order valence-electron chi connectivity index (χ0n) is 15.1. The van der Waals surface area contributed by atoms with Gasteiger partial charge < -0.3 is 20.4 Å². The molecule has 2 aliphatic rings. The van der Waals surface area contributed by atoms with Crippen LogP contribution in [0.3, 0.4) is 0 Å². The van der Waals surface area contributed by atoms with Gasteiger partial charge in [-0.3, -0.25) is 0 Å². The highest BCUT2D eigenvalue weighted by Gasteiger charge is 2.36. The average molecular weight is 398 g/mol. The molecule has 27 heavy (non-hydrogen) atoms. The van der Waals surface area contributed by atoms with Crippen molar-refractivity contribution in [2.45, 2.75) is 30.3 Å². The lowest BCUT2D eigenvalue weighted by Crippen LogP contribution is -2.49. The van der Waals surface area contributed by atoms with E-state index >= 15 is 0 Å². The van der Waals surface area contributed by atoms with Gasteiger partial charge in [-0.1, -0.05) is 6.07 Å². The van der Waals surface area contributed by atoms with Gasteiger partial charge in [-0.15, -0.1) is 0 Å². The maximum absolute atomic E-state index is 14.3. The van der Waals surface area contributed by atoms with Crippen molar-refractivity contribution in [3.63, 3.8) is 0 Å². The molecule has 0 bridgehead atoms. The number of hydrogen-bond acceptors (Lipinski definition) is 4. The van der Waals surface area contributed by atoms with Gasteiger partial charge >= 0.3 is 12.1 Å². The van der Waals surface area contributed by atoms with Gasteiger partial charge in [0.05, 0.1) is 11.4 Å². The number of nitrogens with two attached hydrogens (primary N) is 1. The number of hydrogen-bond donors (Lipinski definition) is 1. The van der Waals surface area contributed by atoms with Gasteiger partial charge in [-0.2, -0.15) is 0 Å². The highest BCUT2D eigenvalue weighted by Crippen LogP contribution is 2.24. The molecule has 0 spiro atoms. The molecule has 0 radical (unpaired) electrons. The highest BCUT2D eigenvalue weighted by atomic mass is 32.2. The average Bonchev–Trinajstić information content (AvgIpc) is 2.96. The van der Waals surface area contributed by atoms with E-state index in [1.54, 1.807) is 14.7 Å². The number of urea groups is 2. The number of amides is 4. The predicted octanol–water partition coefficient (Wildman–Crippen LogP) is 1.01. The lowest BCUT2D eigenvalue weighted by Gasteiger charge is -2.35. The second-order valence-corrected chi connectivity index (χ2v) is 9.00. The van der Waals surface area contributed by atoms with E-state index in [0.717, 1.165) is 12.3 Å². The van der Waals surface area contributed by atoms with Crippen LogP contribution in [0.15, 0.2) is 23.1 Å². The fraction of sp³-hybridized carbons (Fsp3) is 0.529. The largest absolute Gasteiger partial charge is 0.351 e. The maximum atomic E-state index is 14.3. The molecule has 1 aromatic carbocycles. The number of piperidine rings is 1. The summed E-state index contributed by atoms with van der Waals surface area (Å²) in [5.41, 5.74) is 5.56. The van der Waals surface area contributed by atoms with Crippen molar-refractivity contribution in [1.29, 1.82) is 0 Å². The number of carbonyl (C=O) groups excluding carboxylic acids is 2. The summed E-state index contributed by atoms with van der Waals surface area (Å²) >= 11 is 0. The Morgan fingerprint density at radius 1 is 1.22 bits per heavy atom. The molecule has 0 aliphatic carbocycles. The molecule has 0 atom stereocenters. The summed E-state index contributed by atoms with van der Waals surface area (Å²) in [5.74, 6) is -0.640. The summed E-state index contributed by atoms with van der Waals surface area (Å²) in [4.78, 5) is 28.7. The molecule has 0 saturated carbocycles. The third-order valence-electron chi connectivity index (χ3n) is 5.16. The zero-order chi connectivity index (χ0) is 19.8. The topological polar surface area (TPSA) is 104 Å². The van der Waals surface area contributed by atoms with Gasteiger partial charge in [0.1, 0.15) is 5.82 Å². The number of benzene rings is 1. The number of halogens is 1. The first-order valence-electron chi connectivity index (χ1n) is 8.75. The molecular formula is C17H23FN4O4S. The molecule has 10 heteroatoms. The zero-order valence-corrected chi connectivity index (χ0v) is 15.9. The van der Waals surface area contributed by atoms with Gasteiger partial charge in [0.25, 0.3) is 0 Å². The Kier molecular flexibility index (Phi) is 5.27. The Morgan fingerprint density at radius 3 is 2.44 bits per heavy atom. The monoisotopic (exact) mass is 398 g/mol. The summed E-state index contributed by atoms with van der Waals surface area (Å²) in [6.45, 7) is 2.15. The van der Waals surface area contributed by atoms with Crippen molar-refractivity contribution in [3.05, 3.63) is 29.6 Å². The number of sulfone groups is 1. The number of carbonyl (C=O) groups is 2. The smallest absolute Gasteiger partial charge is 0.320 e. The van der Waals surface area contributed by atoms with Crippen LogP contribution in [0.5, 0.6) is 0 Å². The summed E-state index contributed by atoms with van der Waals surface area (Å²) in [6.07, 6.45) is 2.35. The van der Waals surface area contributed by atoms with E-state index in [-0.39, 0.29) is 29.1 Å². The molecule has 3 rings (SSSR count). The number of primary amides is 1. The molecular weight excluding hydrogens is 375 g/mol. The fourth-order valence-electron chi connectivity index (χ4n) is 3.58. The Labute approximate surface area is 157 Å². The lowest BCUT2D eigenvalue weighted by molar-refractivity contribution is 0.138. The van der Waals surface area contributed by atoms with Crippen LogP contribution in [-0.4, -0.2) is 73.7 Å². The van der Waals surface area contributed by atoms with Crippen LogP contribution in [0.25, 0.3) is 0 Å². The second kappa shape index (κ2) is 7.34. The van der Waals surface area contributed by atoms with Crippen molar-refractivity contribution < 1.29 is 22.4 Å². The lowest BCUT2D eigenvalue weighted by atomic mass is 10.0. The van der Waals surface area contributed by atoms with Crippen LogP contribution in [0.1, 0.15) is 18.4 Å². The van der Waals surface area contributed by atoms with Crippen molar-refractivity contribution >= 4 is 21.9 Å². The minimum Gasteiger partial charge on any atom is -0.351 e. The van der Waals surface area contributed by atoms with Crippen LogP contribution < -0.4 is 5.73 Å².